The summed E-state index contributed by atoms with van der Waals surface area (Å²) in [7, 11) is 1.82. The third-order valence-corrected chi connectivity index (χ3v) is 6.18. The van der Waals surface area contributed by atoms with E-state index in [0.717, 1.165) is 24.8 Å². The van der Waals surface area contributed by atoms with Crippen molar-refractivity contribution in [3.8, 4) is 11.3 Å². The zero-order chi connectivity index (χ0) is 22.9. The molecular weight excluding hydrogens is 423 g/mol. The van der Waals surface area contributed by atoms with Crippen LogP contribution in [0.3, 0.4) is 0 Å². The molecule has 0 unspecified atom stereocenters. The summed E-state index contributed by atoms with van der Waals surface area (Å²) in [5.41, 5.74) is 3.42. The average molecular weight is 449 g/mol. The first-order valence-electron chi connectivity index (χ1n) is 11.1. The minimum absolute atomic E-state index is 0.283. The van der Waals surface area contributed by atoms with Crippen molar-refractivity contribution in [1.29, 1.82) is 0 Å². The van der Waals surface area contributed by atoms with Gasteiger partial charge in [-0.1, -0.05) is 25.0 Å². The number of fused-ring (bicyclic) bond motifs is 1. The Morgan fingerprint density at radius 1 is 1.24 bits per heavy atom. The number of hydrogen-bond donors (Lipinski definition) is 2. The topological polar surface area (TPSA) is 97.3 Å². The van der Waals surface area contributed by atoms with E-state index in [1.807, 2.05) is 25.4 Å². The predicted molar refractivity (Wildman–Crippen MR) is 120 cm³/mol. The molecule has 170 valence electrons. The molecule has 2 atom stereocenters. The number of aliphatic hydroxyl groups is 1. The van der Waals surface area contributed by atoms with Gasteiger partial charge in [0, 0.05) is 31.4 Å². The van der Waals surface area contributed by atoms with E-state index in [2.05, 4.69) is 20.5 Å². The summed E-state index contributed by atoms with van der Waals surface area (Å²) in [6.07, 6.45) is 8.03. The maximum Gasteiger partial charge on any atom is 0.255 e. The summed E-state index contributed by atoms with van der Waals surface area (Å²) in [6, 6.07) is 8.33. The molecule has 1 aromatic carbocycles. The Kier molecular flexibility index (Phi) is 5.63. The highest BCUT2D eigenvalue weighted by Gasteiger charge is 2.26. The number of aromatic nitrogens is 5. The number of nitrogens with one attached hydrogen (secondary N) is 1. The maximum absolute atomic E-state index is 14.9. The van der Waals surface area contributed by atoms with Gasteiger partial charge in [-0.25, -0.2) is 13.9 Å². The normalized spacial score (nSPS) is 18.5. The first kappa shape index (κ1) is 21.3. The summed E-state index contributed by atoms with van der Waals surface area (Å²) >= 11 is 0. The molecule has 5 rings (SSSR count). The van der Waals surface area contributed by atoms with Crippen molar-refractivity contribution in [3.63, 3.8) is 0 Å². The lowest BCUT2D eigenvalue weighted by atomic mass is 9.92. The number of carbonyl (C=O) groups excluding carboxylic acids is 1. The van der Waals surface area contributed by atoms with E-state index in [0.29, 0.717) is 34.5 Å². The van der Waals surface area contributed by atoms with Gasteiger partial charge in [-0.15, -0.1) is 0 Å². The highest BCUT2D eigenvalue weighted by molar-refractivity contribution is 6.00. The summed E-state index contributed by atoms with van der Waals surface area (Å²) in [4.78, 5) is 17.3. The van der Waals surface area contributed by atoms with Gasteiger partial charge in [0.25, 0.3) is 5.91 Å². The molecule has 1 amide bonds. The smallest absolute Gasteiger partial charge is 0.255 e. The Hall–Kier alpha value is -3.59. The third-order valence-electron chi connectivity index (χ3n) is 6.18. The number of benzene rings is 1. The molecule has 0 radical (unpaired) electrons. The molecule has 4 aromatic rings. The molecule has 2 N–H and O–H groups in total. The van der Waals surface area contributed by atoms with Crippen molar-refractivity contribution in [3.05, 3.63) is 71.6 Å². The number of hydrogen-bond acceptors (Lipinski definition) is 5. The lowest BCUT2D eigenvalue weighted by Gasteiger charge is -2.28. The molecule has 0 spiro atoms. The molecule has 9 heteroatoms. The van der Waals surface area contributed by atoms with Crippen LogP contribution in [0.2, 0.25) is 0 Å². The van der Waals surface area contributed by atoms with Gasteiger partial charge >= 0.3 is 0 Å². The molecule has 8 nitrogen and oxygen atoms in total. The van der Waals surface area contributed by atoms with Crippen molar-refractivity contribution in [2.24, 2.45) is 7.05 Å². The van der Waals surface area contributed by atoms with E-state index >= 15 is 0 Å². The van der Waals surface area contributed by atoms with Gasteiger partial charge in [0.1, 0.15) is 12.1 Å². The van der Waals surface area contributed by atoms with E-state index in [4.69, 9.17) is 0 Å². The second-order valence-electron chi connectivity index (χ2n) is 8.58. The largest absolute Gasteiger partial charge is 0.391 e. The third kappa shape index (κ3) is 4.36. The molecule has 1 saturated carbocycles. The number of pyridine rings is 1. The van der Waals surface area contributed by atoms with Crippen LogP contribution < -0.4 is 5.32 Å². The maximum atomic E-state index is 14.9. The van der Waals surface area contributed by atoms with Crippen LogP contribution in [-0.4, -0.2) is 47.5 Å². The second kappa shape index (κ2) is 8.74. The van der Waals surface area contributed by atoms with Crippen molar-refractivity contribution in [2.75, 3.05) is 0 Å². The van der Waals surface area contributed by atoms with Crippen LogP contribution in [0.5, 0.6) is 0 Å². The molecule has 0 bridgehead atoms. The van der Waals surface area contributed by atoms with Crippen molar-refractivity contribution in [2.45, 2.75) is 44.2 Å². The first-order chi connectivity index (χ1) is 16.0. The van der Waals surface area contributed by atoms with Gasteiger partial charge in [0.15, 0.2) is 5.65 Å². The molecular formula is C24H25FN6O2. The monoisotopic (exact) mass is 448 g/mol. The standard InChI is InChI=1S/C24H25FN6O2/c1-30-9-8-20(29-30)17-7-6-16(19(25)12-17)10-15-11-18(23-26-14-27-31(23)13-15)24(33)28-21-4-2-3-5-22(21)32/h6-9,11-14,21-22,32H,2-5,10H2,1H3,(H,28,33)/t21-,22-/m0/s1. The zero-order valence-corrected chi connectivity index (χ0v) is 18.3. The summed E-state index contributed by atoms with van der Waals surface area (Å²) in [5, 5.41) is 21.7. The summed E-state index contributed by atoms with van der Waals surface area (Å²) in [5.74, 6) is -0.653. The molecule has 1 aliphatic rings. The molecule has 0 saturated heterocycles. The quantitative estimate of drug-likeness (QED) is 0.489. The van der Waals surface area contributed by atoms with E-state index in [9.17, 15) is 14.3 Å². The summed E-state index contributed by atoms with van der Waals surface area (Å²) < 4.78 is 18.1. The highest BCUT2D eigenvalue weighted by Crippen LogP contribution is 2.23. The molecule has 1 aliphatic carbocycles. The number of aryl methyl sites for hydroxylation is 1. The molecule has 3 heterocycles. The van der Waals surface area contributed by atoms with Gasteiger partial charge in [-0.05, 0) is 42.2 Å². The second-order valence-corrected chi connectivity index (χ2v) is 8.58. The Labute approximate surface area is 190 Å². The summed E-state index contributed by atoms with van der Waals surface area (Å²) in [6.45, 7) is 0. The minimum Gasteiger partial charge on any atom is -0.391 e. The van der Waals surface area contributed by atoms with E-state index in [-0.39, 0.29) is 24.2 Å². The fraction of sp³-hybridized carbons (Fsp3) is 0.333. The van der Waals surface area contributed by atoms with Gasteiger partial charge in [0.2, 0.25) is 0 Å². The van der Waals surface area contributed by atoms with Crippen LogP contribution in [0.15, 0.2) is 49.1 Å². The fourth-order valence-electron chi connectivity index (χ4n) is 4.41. The molecule has 1 fully saturated rings. The number of aliphatic hydroxyl groups excluding tert-OH is 1. The van der Waals surface area contributed by atoms with Crippen molar-refractivity contribution < 1.29 is 14.3 Å². The van der Waals surface area contributed by atoms with Crippen LogP contribution in [0.4, 0.5) is 4.39 Å². The van der Waals surface area contributed by atoms with Crippen LogP contribution in [0.25, 0.3) is 16.9 Å². The number of amides is 1. The van der Waals surface area contributed by atoms with Gasteiger partial charge < -0.3 is 10.4 Å². The Morgan fingerprint density at radius 2 is 2.09 bits per heavy atom. The fourth-order valence-corrected chi connectivity index (χ4v) is 4.41. The predicted octanol–water partition coefficient (Wildman–Crippen LogP) is 2.89. The Balaban J connectivity index is 1.41. The van der Waals surface area contributed by atoms with Crippen LogP contribution in [0, 0.1) is 5.82 Å². The lowest BCUT2D eigenvalue weighted by molar-refractivity contribution is 0.0718. The highest BCUT2D eigenvalue weighted by atomic mass is 19.1. The Morgan fingerprint density at radius 3 is 2.85 bits per heavy atom. The van der Waals surface area contributed by atoms with Crippen LogP contribution >= 0.6 is 0 Å². The number of halogens is 1. The number of rotatable bonds is 5. The zero-order valence-electron chi connectivity index (χ0n) is 18.3. The minimum atomic E-state index is -0.550. The number of nitrogens with zero attached hydrogens (tertiary/aromatic N) is 5. The molecule has 0 aliphatic heterocycles. The first-order valence-corrected chi connectivity index (χ1v) is 11.1. The lowest BCUT2D eigenvalue weighted by Crippen LogP contribution is -2.45. The molecule has 3 aromatic heterocycles. The number of carbonyl (C=O) groups is 1. The van der Waals surface area contributed by atoms with E-state index < -0.39 is 6.10 Å². The van der Waals surface area contributed by atoms with Crippen molar-refractivity contribution in [1.82, 2.24) is 29.7 Å². The average Bonchev–Trinajstić information content (AvgIpc) is 3.45. The Bertz CT molecular complexity index is 1310. The van der Waals surface area contributed by atoms with Gasteiger partial charge in [-0.3, -0.25) is 9.48 Å². The molecule has 33 heavy (non-hydrogen) atoms. The van der Waals surface area contributed by atoms with Crippen LogP contribution in [0.1, 0.15) is 47.2 Å². The van der Waals surface area contributed by atoms with Gasteiger partial charge in [-0.2, -0.15) is 10.2 Å². The van der Waals surface area contributed by atoms with Crippen LogP contribution in [-0.2, 0) is 13.5 Å². The van der Waals surface area contributed by atoms with E-state index in [1.165, 1.54) is 16.9 Å². The van der Waals surface area contributed by atoms with E-state index in [1.54, 1.807) is 23.0 Å². The van der Waals surface area contributed by atoms with Gasteiger partial charge in [0.05, 0.1) is 23.4 Å². The van der Waals surface area contributed by atoms with Crippen molar-refractivity contribution >= 4 is 11.6 Å². The SMILES string of the molecule is Cn1ccc(-c2ccc(Cc3cc(C(=O)N[C@H]4CCCC[C@@H]4O)c4ncnn4c3)c(F)c2)n1.